The third-order valence-corrected chi connectivity index (χ3v) is 5.83. The van der Waals surface area contributed by atoms with Crippen molar-refractivity contribution in [3.8, 4) is 11.3 Å². The Morgan fingerprint density at radius 1 is 1.17 bits per heavy atom. The van der Waals surface area contributed by atoms with E-state index in [1.54, 1.807) is 11.4 Å². The molecule has 0 saturated heterocycles. The van der Waals surface area contributed by atoms with E-state index in [1.807, 2.05) is 0 Å². The second kappa shape index (κ2) is 5.95. The maximum Gasteiger partial charge on any atom is 0.416 e. The minimum absolute atomic E-state index is 0.0497. The highest BCUT2D eigenvalue weighted by molar-refractivity contribution is 7.94. The fourth-order valence-corrected chi connectivity index (χ4v) is 4.13. The Morgan fingerprint density at radius 2 is 1.96 bits per heavy atom. The van der Waals surface area contributed by atoms with Crippen molar-refractivity contribution >= 4 is 27.0 Å². The molecule has 1 N–H and O–H groups in total. The zero-order chi connectivity index (χ0) is 17.4. The molecule has 0 spiro atoms. The monoisotopic (exact) mass is 374 g/mol. The summed E-state index contributed by atoms with van der Waals surface area (Å²) in [5.74, 6) is 0.395. The van der Waals surface area contributed by atoms with Gasteiger partial charge in [0.2, 0.25) is 0 Å². The quantitative estimate of drug-likeness (QED) is 0.742. The number of benzene rings is 1. The second-order valence-electron chi connectivity index (χ2n) is 4.72. The fraction of sp³-hybridized carbons (Fsp3) is 0.0714. The van der Waals surface area contributed by atoms with E-state index in [0.717, 1.165) is 29.5 Å². The van der Waals surface area contributed by atoms with Crippen LogP contribution in [0.5, 0.6) is 0 Å². The molecule has 0 aliphatic heterocycles. The van der Waals surface area contributed by atoms with Crippen LogP contribution in [-0.2, 0) is 16.2 Å². The molecule has 0 aliphatic carbocycles. The molecular formula is C14H9F3N2O3S2. The zero-order valence-corrected chi connectivity index (χ0v) is 13.4. The number of hydrogen-bond donors (Lipinski definition) is 1. The van der Waals surface area contributed by atoms with Crippen LogP contribution in [0.4, 0.5) is 18.9 Å². The van der Waals surface area contributed by atoms with Gasteiger partial charge in [0.15, 0.2) is 5.76 Å². The molecule has 3 aromatic rings. The van der Waals surface area contributed by atoms with Gasteiger partial charge < -0.3 is 4.52 Å². The molecule has 126 valence electrons. The van der Waals surface area contributed by atoms with Gasteiger partial charge in [-0.15, -0.1) is 11.3 Å². The number of anilines is 1. The van der Waals surface area contributed by atoms with E-state index in [-0.39, 0.29) is 9.90 Å². The number of thiophene rings is 1. The molecule has 0 unspecified atom stereocenters. The first-order valence-corrected chi connectivity index (χ1v) is 8.82. The Hall–Kier alpha value is -2.33. The number of alkyl halides is 3. The summed E-state index contributed by atoms with van der Waals surface area (Å²) >= 11 is 0.923. The molecule has 5 nitrogen and oxygen atoms in total. The molecule has 24 heavy (non-hydrogen) atoms. The topological polar surface area (TPSA) is 72.2 Å². The lowest BCUT2D eigenvalue weighted by Gasteiger charge is -2.10. The number of nitrogens with one attached hydrogen (secondary N) is 1. The normalized spacial score (nSPS) is 12.3. The van der Waals surface area contributed by atoms with Crippen molar-refractivity contribution in [2.24, 2.45) is 0 Å². The zero-order valence-electron chi connectivity index (χ0n) is 11.7. The average Bonchev–Trinajstić information content (AvgIpc) is 3.17. The molecule has 3 rings (SSSR count). The van der Waals surface area contributed by atoms with Gasteiger partial charge in [0.25, 0.3) is 10.0 Å². The number of sulfonamides is 1. The maximum atomic E-state index is 12.7. The molecule has 0 saturated carbocycles. The van der Waals surface area contributed by atoms with Gasteiger partial charge in [0.05, 0.1) is 11.8 Å². The Bertz CT molecular complexity index is 948. The highest BCUT2D eigenvalue weighted by Crippen LogP contribution is 2.32. The summed E-state index contributed by atoms with van der Waals surface area (Å²) in [6, 6.07) is 6.92. The van der Waals surface area contributed by atoms with E-state index in [4.69, 9.17) is 4.52 Å². The summed E-state index contributed by atoms with van der Waals surface area (Å²) in [4.78, 5) is 0. The molecule has 0 bridgehead atoms. The summed E-state index contributed by atoms with van der Waals surface area (Å²) in [6.07, 6.45) is -3.13. The van der Waals surface area contributed by atoms with Gasteiger partial charge >= 0.3 is 6.18 Å². The molecule has 10 heteroatoms. The number of nitrogens with zero attached hydrogens (tertiary/aromatic N) is 1. The SMILES string of the molecule is O=S(=O)(Nc1cccc(C(F)(F)F)c1)c1cc(-c2ccno2)cs1. The van der Waals surface area contributed by atoms with Gasteiger partial charge in [-0.1, -0.05) is 11.2 Å². The lowest BCUT2D eigenvalue weighted by molar-refractivity contribution is -0.137. The van der Waals surface area contributed by atoms with Crippen LogP contribution < -0.4 is 4.72 Å². The Labute approximate surface area is 138 Å². The molecule has 0 atom stereocenters. The summed E-state index contributed by atoms with van der Waals surface area (Å²) in [7, 11) is -4.01. The minimum Gasteiger partial charge on any atom is -0.356 e. The smallest absolute Gasteiger partial charge is 0.356 e. The van der Waals surface area contributed by atoms with Crippen LogP contribution in [-0.4, -0.2) is 13.6 Å². The van der Waals surface area contributed by atoms with Crippen molar-refractivity contribution in [2.45, 2.75) is 10.4 Å². The summed E-state index contributed by atoms with van der Waals surface area (Å²) in [5.41, 5.74) is -0.586. The molecule has 0 radical (unpaired) electrons. The summed E-state index contributed by atoms with van der Waals surface area (Å²) in [6.45, 7) is 0. The van der Waals surface area contributed by atoms with Crippen molar-refractivity contribution in [1.82, 2.24) is 5.16 Å². The summed E-state index contributed by atoms with van der Waals surface area (Å²) < 4.78 is 69.7. The molecule has 0 aliphatic rings. The van der Waals surface area contributed by atoms with Crippen LogP contribution in [0.15, 0.2) is 56.7 Å². The molecule has 1 aromatic carbocycles. The Balaban J connectivity index is 1.87. The van der Waals surface area contributed by atoms with Crippen LogP contribution in [0.1, 0.15) is 5.56 Å². The van der Waals surface area contributed by atoms with Gasteiger partial charge in [-0.3, -0.25) is 4.72 Å². The van der Waals surface area contributed by atoms with E-state index in [9.17, 15) is 21.6 Å². The first-order valence-electron chi connectivity index (χ1n) is 6.45. The van der Waals surface area contributed by atoms with Crippen LogP contribution in [0.3, 0.4) is 0 Å². The molecule has 0 amide bonds. The van der Waals surface area contributed by atoms with E-state index < -0.39 is 21.8 Å². The number of hydrogen-bond acceptors (Lipinski definition) is 5. The lowest BCUT2D eigenvalue weighted by Crippen LogP contribution is -2.12. The highest BCUT2D eigenvalue weighted by atomic mass is 32.2. The molecule has 0 fully saturated rings. The van der Waals surface area contributed by atoms with Crippen LogP contribution in [0.25, 0.3) is 11.3 Å². The first-order chi connectivity index (χ1) is 11.3. The minimum atomic E-state index is -4.55. The number of rotatable bonds is 4. The van der Waals surface area contributed by atoms with Crippen LogP contribution in [0.2, 0.25) is 0 Å². The van der Waals surface area contributed by atoms with Crippen LogP contribution in [0, 0.1) is 0 Å². The Kier molecular flexibility index (Phi) is 4.10. The van der Waals surface area contributed by atoms with Crippen molar-refractivity contribution in [2.75, 3.05) is 4.72 Å². The number of aromatic nitrogens is 1. The van der Waals surface area contributed by atoms with E-state index in [2.05, 4.69) is 9.88 Å². The van der Waals surface area contributed by atoms with Crippen molar-refractivity contribution < 1.29 is 26.1 Å². The van der Waals surface area contributed by atoms with Gasteiger partial charge in [0.1, 0.15) is 4.21 Å². The fourth-order valence-electron chi connectivity index (χ4n) is 1.92. The van der Waals surface area contributed by atoms with Gasteiger partial charge in [-0.2, -0.15) is 13.2 Å². The van der Waals surface area contributed by atoms with E-state index >= 15 is 0 Å². The largest absolute Gasteiger partial charge is 0.416 e. The average molecular weight is 374 g/mol. The molecule has 2 heterocycles. The highest BCUT2D eigenvalue weighted by Gasteiger charge is 2.30. The van der Waals surface area contributed by atoms with E-state index in [0.29, 0.717) is 11.3 Å². The lowest BCUT2D eigenvalue weighted by atomic mass is 10.2. The van der Waals surface area contributed by atoms with Crippen molar-refractivity contribution in [1.29, 1.82) is 0 Å². The van der Waals surface area contributed by atoms with Crippen molar-refractivity contribution in [3.05, 3.63) is 53.5 Å². The predicted octanol–water partition coefficient (Wildman–Crippen LogP) is 4.22. The predicted molar refractivity (Wildman–Crippen MR) is 82.1 cm³/mol. The maximum absolute atomic E-state index is 12.7. The van der Waals surface area contributed by atoms with Crippen molar-refractivity contribution in [3.63, 3.8) is 0 Å². The summed E-state index contributed by atoms with van der Waals surface area (Å²) in [5, 5.41) is 5.09. The third-order valence-electron chi connectivity index (χ3n) is 3.00. The van der Waals surface area contributed by atoms with E-state index in [1.165, 1.54) is 18.3 Å². The van der Waals surface area contributed by atoms with Crippen LogP contribution >= 0.6 is 11.3 Å². The molecular weight excluding hydrogens is 365 g/mol. The Morgan fingerprint density at radius 3 is 2.62 bits per heavy atom. The van der Waals surface area contributed by atoms with Gasteiger partial charge in [0, 0.05) is 22.7 Å². The standard InChI is InChI=1S/C14H9F3N2O3S2/c15-14(16,17)10-2-1-3-11(7-10)19-24(20,21)13-6-9(8-23-13)12-4-5-18-22-12/h1-8,19H. The number of halogens is 3. The van der Waals surface area contributed by atoms with Gasteiger partial charge in [-0.25, -0.2) is 8.42 Å². The molecule has 2 aromatic heterocycles. The first kappa shape index (κ1) is 16.5. The van der Waals surface area contributed by atoms with Gasteiger partial charge in [-0.05, 0) is 24.3 Å². The second-order valence-corrected chi connectivity index (χ2v) is 7.54. The third kappa shape index (κ3) is 3.44.